The Hall–Kier alpha value is -2.66. The molecule has 6 heteroatoms. The maximum Gasteiger partial charge on any atom is 0.240 e. The van der Waals surface area contributed by atoms with Crippen LogP contribution in [0.2, 0.25) is 5.02 Å². The summed E-state index contributed by atoms with van der Waals surface area (Å²) in [4.78, 5) is 23.5. The summed E-state index contributed by atoms with van der Waals surface area (Å²) in [6.45, 7) is 2.00. The van der Waals surface area contributed by atoms with Crippen molar-refractivity contribution in [1.82, 2.24) is 5.43 Å². The van der Waals surface area contributed by atoms with Gasteiger partial charge in [-0.1, -0.05) is 53.6 Å². The smallest absolute Gasteiger partial charge is 0.240 e. The summed E-state index contributed by atoms with van der Waals surface area (Å²) < 4.78 is 0. The lowest BCUT2D eigenvalue weighted by atomic mass is 10.2. The van der Waals surface area contributed by atoms with Crippen LogP contribution in [-0.4, -0.2) is 18.0 Å². The fourth-order valence-corrected chi connectivity index (χ4v) is 2.07. The van der Waals surface area contributed by atoms with E-state index >= 15 is 0 Å². The number of carbonyl (C=O) groups excluding carboxylic acids is 2. The molecule has 0 radical (unpaired) electrons. The first-order valence-corrected chi connectivity index (χ1v) is 7.85. The Kier molecular flexibility index (Phi) is 6.51. The highest BCUT2D eigenvalue weighted by atomic mass is 35.5. The normalized spacial score (nSPS) is 10.6. The second kappa shape index (κ2) is 8.84. The Morgan fingerprint density at radius 3 is 2.42 bits per heavy atom. The van der Waals surface area contributed by atoms with Gasteiger partial charge in [0.1, 0.15) is 0 Å². The van der Waals surface area contributed by atoms with Crippen molar-refractivity contribution in [2.45, 2.75) is 19.8 Å². The summed E-state index contributed by atoms with van der Waals surface area (Å²) in [5.41, 5.74) is 4.97. The highest BCUT2D eigenvalue weighted by molar-refractivity contribution is 6.33. The van der Waals surface area contributed by atoms with Crippen LogP contribution in [-0.2, 0) is 9.59 Å². The number of nitrogens with one attached hydrogen (secondary N) is 2. The maximum absolute atomic E-state index is 11.8. The molecule has 2 aromatic carbocycles. The van der Waals surface area contributed by atoms with Gasteiger partial charge in [0.25, 0.3) is 0 Å². The summed E-state index contributed by atoms with van der Waals surface area (Å²) >= 11 is 5.95. The SMILES string of the molecule is Cc1ccc(C=NNC(=O)CCC(=O)Nc2ccccc2Cl)cc1. The molecule has 0 aromatic heterocycles. The van der Waals surface area contributed by atoms with Gasteiger partial charge in [0.05, 0.1) is 16.9 Å². The molecule has 2 amide bonds. The van der Waals surface area contributed by atoms with E-state index in [1.165, 1.54) is 0 Å². The van der Waals surface area contributed by atoms with Gasteiger partial charge in [0, 0.05) is 12.8 Å². The number of hydrogen-bond donors (Lipinski definition) is 2. The van der Waals surface area contributed by atoms with Crippen molar-refractivity contribution < 1.29 is 9.59 Å². The molecular weight excluding hydrogens is 326 g/mol. The molecule has 0 spiro atoms. The van der Waals surface area contributed by atoms with E-state index in [0.717, 1.165) is 11.1 Å². The minimum Gasteiger partial charge on any atom is -0.325 e. The Balaban J connectivity index is 1.73. The zero-order valence-electron chi connectivity index (χ0n) is 13.3. The minimum atomic E-state index is -0.326. The van der Waals surface area contributed by atoms with Crippen molar-refractivity contribution in [2.75, 3.05) is 5.32 Å². The molecule has 0 bridgehead atoms. The maximum atomic E-state index is 11.8. The molecule has 0 unspecified atom stereocenters. The van der Waals surface area contributed by atoms with E-state index in [4.69, 9.17) is 11.6 Å². The molecule has 2 N–H and O–H groups in total. The minimum absolute atomic E-state index is 0.0432. The van der Waals surface area contributed by atoms with Crippen LogP contribution in [0.4, 0.5) is 5.69 Å². The van der Waals surface area contributed by atoms with Crippen LogP contribution in [0.25, 0.3) is 0 Å². The van der Waals surface area contributed by atoms with E-state index < -0.39 is 0 Å². The summed E-state index contributed by atoms with van der Waals surface area (Å²) in [6, 6.07) is 14.7. The Bertz CT molecular complexity index is 742. The van der Waals surface area contributed by atoms with Crippen LogP contribution in [0.1, 0.15) is 24.0 Å². The molecule has 0 saturated carbocycles. The quantitative estimate of drug-likeness (QED) is 0.622. The van der Waals surface area contributed by atoms with Crippen LogP contribution < -0.4 is 10.7 Å². The lowest BCUT2D eigenvalue weighted by Gasteiger charge is -2.06. The van der Waals surface area contributed by atoms with Crippen LogP contribution in [0.15, 0.2) is 53.6 Å². The number of benzene rings is 2. The Morgan fingerprint density at radius 2 is 1.71 bits per heavy atom. The van der Waals surface area contributed by atoms with E-state index in [-0.39, 0.29) is 24.7 Å². The van der Waals surface area contributed by atoms with Gasteiger partial charge in [-0.3, -0.25) is 9.59 Å². The van der Waals surface area contributed by atoms with Gasteiger partial charge >= 0.3 is 0 Å². The van der Waals surface area contributed by atoms with E-state index in [9.17, 15) is 9.59 Å². The first-order valence-electron chi connectivity index (χ1n) is 7.47. The first kappa shape index (κ1) is 17.7. The molecule has 0 aliphatic carbocycles. The molecule has 0 fully saturated rings. The van der Waals surface area contributed by atoms with Crippen LogP contribution in [0.5, 0.6) is 0 Å². The third kappa shape index (κ3) is 5.85. The van der Waals surface area contributed by atoms with E-state index in [0.29, 0.717) is 10.7 Å². The monoisotopic (exact) mass is 343 g/mol. The second-order valence-electron chi connectivity index (χ2n) is 5.23. The molecule has 24 heavy (non-hydrogen) atoms. The van der Waals surface area contributed by atoms with Gasteiger partial charge in [-0.15, -0.1) is 0 Å². The number of nitrogens with zero attached hydrogens (tertiary/aromatic N) is 1. The zero-order valence-corrected chi connectivity index (χ0v) is 14.0. The van der Waals surface area contributed by atoms with Gasteiger partial charge in [0.15, 0.2) is 0 Å². The van der Waals surface area contributed by atoms with Crippen LogP contribution in [0.3, 0.4) is 0 Å². The van der Waals surface area contributed by atoms with Gasteiger partial charge in [-0.25, -0.2) is 5.43 Å². The molecule has 0 aliphatic heterocycles. The third-order valence-corrected chi connectivity index (χ3v) is 3.54. The predicted molar refractivity (Wildman–Crippen MR) is 96.2 cm³/mol. The van der Waals surface area contributed by atoms with E-state index in [2.05, 4.69) is 15.8 Å². The number of anilines is 1. The number of halogens is 1. The summed E-state index contributed by atoms with van der Waals surface area (Å²) in [5, 5.41) is 6.99. The number of hydrogen-bond acceptors (Lipinski definition) is 3. The molecule has 0 atom stereocenters. The number of para-hydroxylation sites is 1. The van der Waals surface area contributed by atoms with Crippen molar-refractivity contribution in [3.8, 4) is 0 Å². The highest BCUT2D eigenvalue weighted by Crippen LogP contribution is 2.20. The number of aryl methyl sites for hydroxylation is 1. The van der Waals surface area contributed by atoms with Gasteiger partial charge in [0.2, 0.25) is 11.8 Å². The van der Waals surface area contributed by atoms with Crippen molar-refractivity contribution in [3.05, 3.63) is 64.7 Å². The average Bonchev–Trinajstić information content (AvgIpc) is 2.57. The molecular formula is C18H18ClN3O2. The van der Waals surface area contributed by atoms with E-state index in [1.807, 2.05) is 31.2 Å². The number of amides is 2. The molecule has 0 saturated heterocycles. The Labute approximate surface area is 145 Å². The molecule has 5 nitrogen and oxygen atoms in total. The zero-order chi connectivity index (χ0) is 17.4. The summed E-state index contributed by atoms with van der Waals surface area (Å²) in [5.74, 6) is -0.603. The predicted octanol–water partition coefficient (Wildman–Crippen LogP) is 3.52. The lowest BCUT2D eigenvalue weighted by Crippen LogP contribution is -2.20. The second-order valence-corrected chi connectivity index (χ2v) is 5.64. The number of rotatable bonds is 6. The topological polar surface area (TPSA) is 70.6 Å². The number of hydrazone groups is 1. The van der Waals surface area contributed by atoms with Crippen LogP contribution in [0, 0.1) is 6.92 Å². The fourth-order valence-electron chi connectivity index (χ4n) is 1.89. The van der Waals surface area contributed by atoms with Crippen molar-refractivity contribution in [1.29, 1.82) is 0 Å². The summed E-state index contributed by atoms with van der Waals surface area (Å²) in [7, 11) is 0. The Morgan fingerprint density at radius 1 is 1.04 bits per heavy atom. The van der Waals surface area contributed by atoms with Crippen molar-refractivity contribution in [2.24, 2.45) is 5.10 Å². The van der Waals surface area contributed by atoms with Crippen LogP contribution >= 0.6 is 11.6 Å². The summed E-state index contributed by atoms with van der Waals surface area (Å²) in [6.07, 6.45) is 1.65. The van der Waals surface area contributed by atoms with E-state index in [1.54, 1.807) is 30.5 Å². The molecule has 2 aromatic rings. The molecule has 124 valence electrons. The average molecular weight is 344 g/mol. The first-order chi connectivity index (χ1) is 11.5. The van der Waals surface area contributed by atoms with Gasteiger partial charge in [-0.05, 0) is 24.6 Å². The van der Waals surface area contributed by atoms with Crippen molar-refractivity contribution >= 4 is 35.3 Å². The fraction of sp³-hybridized carbons (Fsp3) is 0.167. The van der Waals surface area contributed by atoms with Gasteiger partial charge < -0.3 is 5.32 Å². The van der Waals surface area contributed by atoms with Gasteiger partial charge in [-0.2, -0.15) is 5.10 Å². The molecule has 0 heterocycles. The largest absolute Gasteiger partial charge is 0.325 e. The standard InChI is InChI=1S/C18H18ClN3O2/c1-13-6-8-14(9-7-13)12-20-22-18(24)11-10-17(23)21-16-5-3-2-4-15(16)19/h2-9,12H,10-11H2,1H3,(H,21,23)(H,22,24). The van der Waals surface area contributed by atoms with Crippen molar-refractivity contribution in [3.63, 3.8) is 0 Å². The lowest BCUT2D eigenvalue weighted by molar-refractivity contribution is -0.124. The molecule has 0 aliphatic rings. The highest BCUT2D eigenvalue weighted by Gasteiger charge is 2.08. The third-order valence-electron chi connectivity index (χ3n) is 3.21. The molecule has 2 rings (SSSR count). The number of carbonyl (C=O) groups is 2.